The molecule has 0 radical (unpaired) electrons. The first-order valence-electron chi connectivity index (χ1n) is 7.64. The fourth-order valence-corrected chi connectivity index (χ4v) is 2.78. The third-order valence-corrected chi connectivity index (χ3v) is 4.12. The number of hydrogen-bond acceptors (Lipinski definition) is 4. The lowest BCUT2D eigenvalue weighted by Crippen LogP contribution is -2.53. The average Bonchev–Trinajstić information content (AvgIpc) is 2.54. The summed E-state index contributed by atoms with van der Waals surface area (Å²) < 4.78 is 10.3. The van der Waals surface area contributed by atoms with Crippen LogP contribution >= 0.6 is 0 Å². The summed E-state index contributed by atoms with van der Waals surface area (Å²) in [6.45, 7) is 6.03. The summed E-state index contributed by atoms with van der Waals surface area (Å²) in [4.78, 5) is 29.4. The van der Waals surface area contributed by atoms with Crippen molar-refractivity contribution in [3.05, 3.63) is 0 Å². The van der Waals surface area contributed by atoms with Crippen LogP contribution in [0.15, 0.2) is 0 Å². The molecule has 2 aliphatic rings. The maximum Gasteiger partial charge on any atom is 0.409 e. The Bertz CT molecular complexity index is 363. The lowest BCUT2D eigenvalue weighted by Gasteiger charge is -2.39. The van der Waals surface area contributed by atoms with E-state index < -0.39 is 0 Å². The van der Waals surface area contributed by atoms with Crippen molar-refractivity contribution < 1.29 is 19.1 Å². The lowest BCUT2D eigenvalue weighted by molar-refractivity contribution is 0.0372. The number of rotatable bonds is 2. The predicted molar refractivity (Wildman–Crippen MR) is 77.2 cm³/mol. The molecule has 2 saturated heterocycles. The number of hydrogen-bond donors (Lipinski definition) is 0. The quantitative estimate of drug-likeness (QED) is 0.763. The van der Waals surface area contributed by atoms with Gasteiger partial charge >= 0.3 is 12.1 Å². The Morgan fingerprint density at radius 2 is 1.76 bits per heavy atom. The fourth-order valence-electron chi connectivity index (χ4n) is 2.78. The van der Waals surface area contributed by atoms with Crippen molar-refractivity contribution >= 4 is 12.1 Å². The largest absolute Gasteiger partial charge is 0.450 e. The van der Waals surface area contributed by atoms with Crippen LogP contribution in [0.1, 0.15) is 19.8 Å². The molecule has 0 unspecified atom stereocenters. The molecule has 0 aromatic heterocycles. The molecule has 3 amide bonds. The van der Waals surface area contributed by atoms with Crippen molar-refractivity contribution in [3.63, 3.8) is 0 Å². The topological polar surface area (TPSA) is 62.3 Å². The molecule has 2 fully saturated rings. The van der Waals surface area contributed by atoms with Gasteiger partial charge < -0.3 is 24.2 Å². The highest BCUT2D eigenvalue weighted by Gasteiger charge is 2.30. The van der Waals surface area contributed by atoms with Crippen molar-refractivity contribution in [1.29, 1.82) is 0 Å². The molecule has 7 heteroatoms. The highest BCUT2D eigenvalue weighted by Crippen LogP contribution is 2.18. The van der Waals surface area contributed by atoms with Gasteiger partial charge in [-0.15, -0.1) is 0 Å². The van der Waals surface area contributed by atoms with Crippen LogP contribution in [0.3, 0.4) is 0 Å². The van der Waals surface area contributed by atoms with Gasteiger partial charge in [-0.05, 0) is 19.8 Å². The first-order valence-corrected chi connectivity index (χ1v) is 7.64. The number of ether oxygens (including phenoxy) is 2. The van der Waals surface area contributed by atoms with Crippen LogP contribution in [0.2, 0.25) is 0 Å². The first kappa shape index (κ1) is 15.9. The van der Waals surface area contributed by atoms with Crippen molar-refractivity contribution in [1.82, 2.24) is 14.7 Å². The van der Waals surface area contributed by atoms with Crippen LogP contribution in [0.25, 0.3) is 0 Å². The maximum absolute atomic E-state index is 12.4. The summed E-state index contributed by atoms with van der Waals surface area (Å²) in [6.07, 6.45) is 1.34. The Morgan fingerprint density at radius 1 is 1.14 bits per heavy atom. The monoisotopic (exact) mass is 299 g/mol. The number of piperidine rings is 1. The number of carbonyl (C=O) groups excluding carboxylic acids is 2. The van der Waals surface area contributed by atoms with E-state index in [-0.39, 0.29) is 18.2 Å². The molecule has 2 aliphatic heterocycles. The molecule has 2 rings (SSSR count). The Kier molecular flexibility index (Phi) is 5.67. The van der Waals surface area contributed by atoms with Gasteiger partial charge in [0.2, 0.25) is 0 Å². The molecular weight excluding hydrogens is 274 g/mol. The summed E-state index contributed by atoms with van der Waals surface area (Å²) in [7, 11) is 1.85. The molecule has 120 valence electrons. The number of urea groups is 1. The average molecular weight is 299 g/mol. The molecule has 0 bridgehead atoms. The van der Waals surface area contributed by atoms with Crippen molar-refractivity contribution in [2.75, 3.05) is 53.0 Å². The zero-order valence-electron chi connectivity index (χ0n) is 12.9. The summed E-state index contributed by atoms with van der Waals surface area (Å²) >= 11 is 0. The SMILES string of the molecule is CCOC(=O)N1CCC(N(C)C(=O)N2CCOCC2)CC1. The Morgan fingerprint density at radius 3 is 2.33 bits per heavy atom. The predicted octanol–water partition coefficient (Wildman–Crippen LogP) is 0.991. The van der Waals surface area contributed by atoms with Crippen LogP contribution in [-0.2, 0) is 9.47 Å². The van der Waals surface area contributed by atoms with E-state index in [1.165, 1.54) is 0 Å². The Hall–Kier alpha value is -1.50. The van der Waals surface area contributed by atoms with Gasteiger partial charge in [-0.1, -0.05) is 0 Å². The van der Waals surface area contributed by atoms with Crippen molar-refractivity contribution in [3.8, 4) is 0 Å². The number of likely N-dealkylation sites (tertiary alicyclic amines) is 1. The van der Waals surface area contributed by atoms with Gasteiger partial charge in [0.25, 0.3) is 0 Å². The van der Waals surface area contributed by atoms with Gasteiger partial charge in [-0.2, -0.15) is 0 Å². The van der Waals surface area contributed by atoms with Crippen molar-refractivity contribution in [2.24, 2.45) is 0 Å². The first-order chi connectivity index (χ1) is 10.1. The van der Waals surface area contributed by atoms with Crippen LogP contribution in [0, 0.1) is 0 Å². The highest BCUT2D eigenvalue weighted by atomic mass is 16.6. The van der Waals surface area contributed by atoms with E-state index in [4.69, 9.17) is 9.47 Å². The summed E-state index contributed by atoms with van der Waals surface area (Å²) in [6, 6.07) is 0.249. The molecule has 21 heavy (non-hydrogen) atoms. The van der Waals surface area contributed by atoms with E-state index in [1.807, 2.05) is 16.8 Å². The minimum atomic E-state index is -0.252. The molecule has 7 nitrogen and oxygen atoms in total. The van der Waals surface area contributed by atoms with E-state index in [2.05, 4.69) is 0 Å². The second-order valence-electron chi connectivity index (χ2n) is 5.41. The maximum atomic E-state index is 12.4. The number of nitrogens with zero attached hydrogens (tertiary/aromatic N) is 3. The normalized spacial score (nSPS) is 20.3. The molecule has 0 aliphatic carbocycles. The lowest BCUT2D eigenvalue weighted by atomic mass is 10.0. The molecular formula is C14H25N3O4. The van der Waals surface area contributed by atoms with Gasteiger partial charge in [0.05, 0.1) is 19.8 Å². The van der Waals surface area contributed by atoms with Crippen molar-refractivity contribution in [2.45, 2.75) is 25.8 Å². The van der Waals surface area contributed by atoms with Crippen LogP contribution in [0.4, 0.5) is 9.59 Å². The van der Waals surface area contributed by atoms with Gasteiger partial charge in [0.15, 0.2) is 0 Å². The third kappa shape index (κ3) is 4.00. The fraction of sp³-hybridized carbons (Fsp3) is 0.857. The van der Waals surface area contributed by atoms with E-state index in [0.717, 1.165) is 12.8 Å². The number of amides is 3. The van der Waals surface area contributed by atoms with Gasteiger partial charge in [0.1, 0.15) is 0 Å². The van der Waals surface area contributed by atoms with Gasteiger partial charge in [-0.25, -0.2) is 9.59 Å². The summed E-state index contributed by atoms with van der Waals surface area (Å²) in [5, 5.41) is 0. The molecule has 0 atom stereocenters. The summed E-state index contributed by atoms with van der Waals surface area (Å²) in [5.74, 6) is 0. The smallest absolute Gasteiger partial charge is 0.409 e. The minimum Gasteiger partial charge on any atom is -0.450 e. The van der Waals surface area contributed by atoms with E-state index in [0.29, 0.717) is 46.0 Å². The Labute approximate surface area is 125 Å². The van der Waals surface area contributed by atoms with E-state index >= 15 is 0 Å². The molecule has 0 spiro atoms. The molecule has 0 saturated carbocycles. The molecule has 0 aromatic rings. The Balaban J connectivity index is 1.80. The molecule has 2 heterocycles. The number of morpholine rings is 1. The second-order valence-corrected chi connectivity index (χ2v) is 5.41. The number of carbonyl (C=O) groups is 2. The standard InChI is InChI=1S/C14H25N3O4/c1-3-21-14(19)17-6-4-12(5-7-17)15(2)13(18)16-8-10-20-11-9-16/h12H,3-11H2,1-2H3. The van der Waals surface area contributed by atoms with Gasteiger partial charge in [0, 0.05) is 39.3 Å². The van der Waals surface area contributed by atoms with Crippen LogP contribution in [0.5, 0.6) is 0 Å². The molecule has 0 aromatic carbocycles. The van der Waals surface area contributed by atoms with E-state index in [9.17, 15) is 9.59 Å². The third-order valence-electron chi connectivity index (χ3n) is 4.12. The zero-order valence-corrected chi connectivity index (χ0v) is 12.9. The van der Waals surface area contributed by atoms with Crippen LogP contribution < -0.4 is 0 Å². The second kappa shape index (κ2) is 7.49. The summed E-state index contributed by atoms with van der Waals surface area (Å²) in [5.41, 5.74) is 0. The van der Waals surface area contributed by atoms with E-state index in [1.54, 1.807) is 11.8 Å². The highest BCUT2D eigenvalue weighted by molar-refractivity contribution is 5.74. The minimum absolute atomic E-state index is 0.0629. The molecule has 0 N–H and O–H groups in total. The van der Waals surface area contributed by atoms with Crippen LogP contribution in [-0.4, -0.2) is 85.9 Å². The van der Waals surface area contributed by atoms with Gasteiger partial charge in [-0.3, -0.25) is 0 Å². The zero-order chi connectivity index (χ0) is 15.2.